The number of rotatable bonds is 8. The number of aliphatic imine (C=N–C) groups is 1. The number of anilines is 1. The lowest BCUT2D eigenvalue weighted by atomic mass is 10.2. The van der Waals surface area contributed by atoms with Crippen molar-refractivity contribution in [3.63, 3.8) is 0 Å². The van der Waals surface area contributed by atoms with Crippen molar-refractivity contribution in [1.29, 1.82) is 0 Å². The number of nitrogens with one attached hydrogen (secondary N) is 2. The molecule has 7 nitrogen and oxygen atoms in total. The number of ether oxygens (including phenoxy) is 1. The normalized spacial score (nSPS) is 12.2. The topological polar surface area (TPSA) is 106 Å². The van der Waals surface area contributed by atoms with E-state index in [9.17, 15) is 8.42 Å². The van der Waals surface area contributed by atoms with Crippen LogP contribution in [-0.4, -0.2) is 28.0 Å². The maximum absolute atomic E-state index is 12.2. The Morgan fingerprint density at radius 1 is 1.11 bits per heavy atom. The maximum atomic E-state index is 12.2. The number of benzene rings is 2. The Morgan fingerprint density at radius 2 is 1.74 bits per heavy atom. The molecule has 0 fully saturated rings. The largest absolute Gasteiger partial charge is 0.497 e. The Hall–Kier alpha value is -2.58. The van der Waals surface area contributed by atoms with E-state index in [1.807, 2.05) is 38.1 Å². The van der Waals surface area contributed by atoms with Crippen molar-refractivity contribution in [2.75, 3.05) is 19.0 Å². The maximum Gasteiger partial charge on any atom is 0.240 e. The first-order valence-corrected chi connectivity index (χ1v) is 10.1. The van der Waals surface area contributed by atoms with Crippen molar-refractivity contribution < 1.29 is 13.2 Å². The molecule has 0 aliphatic heterocycles. The number of sulfonamides is 1. The van der Waals surface area contributed by atoms with Crippen molar-refractivity contribution >= 4 is 21.7 Å². The molecule has 146 valence electrons. The van der Waals surface area contributed by atoms with Gasteiger partial charge in [-0.15, -0.1) is 0 Å². The fraction of sp³-hybridized carbons (Fsp3) is 0.316. The summed E-state index contributed by atoms with van der Waals surface area (Å²) in [5, 5.41) is 2.99. The predicted molar refractivity (Wildman–Crippen MR) is 108 cm³/mol. The molecule has 2 aromatic rings. The van der Waals surface area contributed by atoms with Gasteiger partial charge in [0.1, 0.15) is 5.75 Å². The highest BCUT2D eigenvalue weighted by atomic mass is 32.2. The second-order valence-electron chi connectivity index (χ2n) is 6.44. The summed E-state index contributed by atoms with van der Waals surface area (Å²) >= 11 is 0. The number of hydrogen-bond acceptors (Lipinski definition) is 4. The summed E-state index contributed by atoms with van der Waals surface area (Å²) in [4.78, 5) is 4.51. The van der Waals surface area contributed by atoms with Crippen LogP contribution in [0.1, 0.15) is 19.4 Å². The average molecular weight is 391 g/mol. The monoisotopic (exact) mass is 390 g/mol. The molecule has 2 rings (SSSR count). The van der Waals surface area contributed by atoms with E-state index in [2.05, 4.69) is 15.0 Å². The molecule has 0 saturated carbocycles. The third-order valence-electron chi connectivity index (χ3n) is 3.71. The predicted octanol–water partition coefficient (Wildman–Crippen LogP) is 2.56. The fourth-order valence-corrected chi connectivity index (χ4v) is 3.39. The number of guanidine groups is 1. The number of nitrogens with zero attached hydrogens (tertiary/aromatic N) is 1. The molecule has 0 amide bonds. The van der Waals surface area contributed by atoms with Crippen molar-refractivity contribution in [1.82, 2.24) is 4.72 Å². The lowest BCUT2D eigenvalue weighted by Gasteiger charge is -2.09. The lowest BCUT2D eigenvalue weighted by molar-refractivity contribution is 0.415. The van der Waals surface area contributed by atoms with Gasteiger partial charge in [0.2, 0.25) is 10.0 Å². The van der Waals surface area contributed by atoms with Gasteiger partial charge < -0.3 is 15.8 Å². The van der Waals surface area contributed by atoms with E-state index in [-0.39, 0.29) is 16.8 Å². The summed E-state index contributed by atoms with van der Waals surface area (Å²) < 4.78 is 32.1. The van der Waals surface area contributed by atoms with Gasteiger partial charge in [0.25, 0.3) is 0 Å². The highest BCUT2D eigenvalue weighted by Gasteiger charge is 2.13. The van der Waals surface area contributed by atoms with Gasteiger partial charge in [0, 0.05) is 12.2 Å². The summed E-state index contributed by atoms with van der Waals surface area (Å²) in [7, 11) is -1.88. The van der Waals surface area contributed by atoms with Crippen LogP contribution < -0.4 is 20.5 Å². The summed E-state index contributed by atoms with van der Waals surface area (Å²) in [5.41, 5.74) is 7.55. The summed E-state index contributed by atoms with van der Waals surface area (Å²) in [6, 6.07) is 13.9. The van der Waals surface area contributed by atoms with Crippen LogP contribution in [0.2, 0.25) is 0 Å². The van der Waals surface area contributed by atoms with Crippen molar-refractivity contribution in [2.45, 2.75) is 25.3 Å². The zero-order chi connectivity index (χ0) is 19.9. The smallest absolute Gasteiger partial charge is 0.240 e. The molecule has 0 spiro atoms. The van der Waals surface area contributed by atoms with E-state index < -0.39 is 10.0 Å². The molecular weight excluding hydrogens is 364 g/mol. The first kappa shape index (κ1) is 20.7. The third kappa shape index (κ3) is 6.58. The zero-order valence-corrected chi connectivity index (χ0v) is 16.6. The third-order valence-corrected chi connectivity index (χ3v) is 5.15. The molecule has 0 aliphatic carbocycles. The van der Waals surface area contributed by atoms with Crippen LogP contribution in [0.3, 0.4) is 0 Å². The molecule has 0 heterocycles. The van der Waals surface area contributed by atoms with Crippen LogP contribution in [0.4, 0.5) is 5.69 Å². The first-order valence-electron chi connectivity index (χ1n) is 8.60. The first-order chi connectivity index (χ1) is 12.8. The molecule has 27 heavy (non-hydrogen) atoms. The molecule has 0 aliphatic rings. The molecular formula is C19H26N4O3S. The molecule has 0 aromatic heterocycles. The van der Waals surface area contributed by atoms with Crippen LogP contribution >= 0.6 is 0 Å². The molecule has 0 radical (unpaired) electrons. The second kappa shape index (κ2) is 9.38. The molecule has 2 aromatic carbocycles. The molecule has 0 atom stereocenters. The summed E-state index contributed by atoms with van der Waals surface area (Å²) in [6.07, 6.45) is 0. The minimum absolute atomic E-state index is 0.236. The van der Waals surface area contributed by atoms with Crippen molar-refractivity contribution in [3.8, 4) is 5.75 Å². The van der Waals surface area contributed by atoms with Gasteiger partial charge in [-0.05, 0) is 47.9 Å². The standard InChI is InChI=1S/C19H26N4O3S/c1-14(2)12-22-27(24,25)18-10-4-15(5-11-18)13-21-19(20)23-16-6-8-17(26-3)9-7-16/h4-11,14,22H,12-13H2,1-3H3,(H3,20,21,23). The van der Waals surface area contributed by atoms with Gasteiger partial charge in [0.05, 0.1) is 18.6 Å². The van der Waals surface area contributed by atoms with E-state index in [1.54, 1.807) is 31.4 Å². The Bertz CT molecular complexity index is 861. The molecule has 4 N–H and O–H groups in total. The fourth-order valence-electron chi connectivity index (χ4n) is 2.17. The van der Waals surface area contributed by atoms with Crippen LogP contribution in [0.5, 0.6) is 5.75 Å². The SMILES string of the molecule is COc1ccc(NC(N)=NCc2ccc(S(=O)(=O)NCC(C)C)cc2)cc1. The average Bonchev–Trinajstić information content (AvgIpc) is 2.66. The van der Waals surface area contributed by atoms with Gasteiger partial charge in [0.15, 0.2) is 5.96 Å². The molecule has 8 heteroatoms. The number of methoxy groups -OCH3 is 1. The Kier molecular flexibility index (Phi) is 7.20. The van der Waals surface area contributed by atoms with Crippen LogP contribution in [-0.2, 0) is 16.6 Å². The van der Waals surface area contributed by atoms with E-state index in [1.165, 1.54) is 0 Å². The molecule has 0 saturated heterocycles. The second-order valence-corrected chi connectivity index (χ2v) is 8.21. The van der Waals surface area contributed by atoms with Crippen molar-refractivity contribution in [3.05, 3.63) is 54.1 Å². The highest BCUT2D eigenvalue weighted by molar-refractivity contribution is 7.89. The van der Waals surface area contributed by atoms with Crippen LogP contribution in [0, 0.1) is 5.92 Å². The molecule has 0 bridgehead atoms. The van der Waals surface area contributed by atoms with E-state index in [4.69, 9.17) is 10.5 Å². The lowest BCUT2D eigenvalue weighted by Crippen LogP contribution is -2.27. The Morgan fingerprint density at radius 3 is 2.30 bits per heavy atom. The minimum Gasteiger partial charge on any atom is -0.497 e. The minimum atomic E-state index is -3.48. The van der Waals surface area contributed by atoms with Gasteiger partial charge >= 0.3 is 0 Å². The summed E-state index contributed by atoms with van der Waals surface area (Å²) in [6.45, 7) is 4.65. The Balaban J connectivity index is 1.95. The van der Waals surface area contributed by atoms with Crippen molar-refractivity contribution in [2.24, 2.45) is 16.6 Å². The van der Waals surface area contributed by atoms with E-state index >= 15 is 0 Å². The van der Waals surface area contributed by atoms with Gasteiger partial charge in [-0.25, -0.2) is 18.1 Å². The number of nitrogens with two attached hydrogens (primary N) is 1. The van der Waals surface area contributed by atoms with E-state index in [0.717, 1.165) is 17.0 Å². The number of hydrogen-bond donors (Lipinski definition) is 3. The van der Waals surface area contributed by atoms with E-state index in [0.29, 0.717) is 13.1 Å². The highest BCUT2D eigenvalue weighted by Crippen LogP contribution is 2.15. The summed E-state index contributed by atoms with van der Waals surface area (Å²) in [5.74, 6) is 1.28. The van der Waals surface area contributed by atoms with Gasteiger partial charge in [-0.2, -0.15) is 0 Å². The van der Waals surface area contributed by atoms with Crippen LogP contribution in [0.15, 0.2) is 58.4 Å². The Labute approximate surface area is 160 Å². The van der Waals surface area contributed by atoms with Gasteiger partial charge in [-0.3, -0.25) is 0 Å². The van der Waals surface area contributed by atoms with Crippen LogP contribution in [0.25, 0.3) is 0 Å². The molecule has 0 unspecified atom stereocenters. The van der Waals surface area contributed by atoms with Gasteiger partial charge in [-0.1, -0.05) is 26.0 Å². The zero-order valence-electron chi connectivity index (χ0n) is 15.8. The quantitative estimate of drug-likeness (QED) is 0.474.